The predicted molar refractivity (Wildman–Crippen MR) is 112 cm³/mol. The number of halogens is 1. The maximum atomic E-state index is 12.5. The molecule has 0 aliphatic heterocycles. The van der Waals surface area contributed by atoms with Crippen LogP contribution in [0.15, 0.2) is 84.9 Å². The second-order valence-electron chi connectivity index (χ2n) is 6.47. The van der Waals surface area contributed by atoms with E-state index < -0.39 is 17.5 Å². The molecule has 0 aliphatic carbocycles. The summed E-state index contributed by atoms with van der Waals surface area (Å²) in [5.41, 5.74) is 0.595. The third kappa shape index (κ3) is 5.22. The summed E-state index contributed by atoms with van der Waals surface area (Å²) in [6.07, 6.45) is -0.324. The fraction of sp³-hybridized carbons (Fsp3) is 0.130. The molecule has 0 aliphatic rings. The summed E-state index contributed by atoms with van der Waals surface area (Å²) in [5.74, 6) is -1.43. The monoisotopic (exact) mass is 409 g/mol. The highest BCUT2D eigenvalue weighted by atomic mass is 35.5. The van der Waals surface area contributed by atoms with Gasteiger partial charge < -0.3 is 15.2 Å². The van der Waals surface area contributed by atoms with Gasteiger partial charge in [-0.25, -0.2) is 0 Å². The highest BCUT2D eigenvalue weighted by Crippen LogP contribution is 2.37. The van der Waals surface area contributed by atoms with Crippen molar-refractivity contribution in [2.24, 2.45) is 0 Å². The van der Waals surface area contributed by atoms with Gasteiger partial charge in [0.15, 0.2) is 0 Å². The van der Waals surface area contributed by atoms with Gasteiger partial charge in [0.1, 0.15) is 12.2 Å². The Morgan fingerprint density at radius 2 is 1.38 bits per heavy atom. The van der Waals surface area contributed by atoms with Gasteiger partial charge in [0.2, 0.25) is 5.91 Å². The molecule has 0 bridgehead atoms. The Morgan fingerprint density at radius 1 is 0.862 bits per heavy atom. The van der Waals surface area contributed by atoms with Crippen molar-refractivity contribution < 1.29 is 19.4 Å². The molecule has 3 aromatic rings. The van der Waals surface area contributed by atoms with Crippen molar-refractivity contribution in [2.75, 3.05) is 11.9 Å². The summed E-state index contributed by atoms with van der Waals surface area (Å²) >= 11 is 5.86. The van der Waals surface area contributed by atoms with Crippen LogP contribution in [0.1, 0.15) is 17.5 Å². The number of hydrogen-bond acceptors (Lipinski definition) is 3. The van der Waals surface area contributed by atoms with E-state index in [-0.39, 0.29) is 13.0 Å². The second-order valence-corrected chi connectivity index (χ2v) is 6.91. The lowest BCUT2D eigenvalue weighted by atomic mass is 9.83. The second kappa shape index (κ2) is 9.37. The third-order valence-corrected chi connectivity index (χ3v) is 4.71. The Labute approximate surface area is 173 Å². The number of aliphatic carboxylic acids is 1. The number of ether oxygens (including phenoxy) is 1. The largest absolute Gasteiger partial charge is 0.481 e. The van der Waals surface area contributed by atoms with E-state index in [1.807, 2.05) is 36.4 Å². The van der Waals surface area contributed by atoms with E-state index in [0.29, 0.717) is 21.8 Å². The maximum Gasteiger partial charge on any atom is 0.307 e. The minimum atomic E-state index is -1.30. The molecular formula is C23H20ClNO4. The molecule has 0 unspecified atom stereocenters. The molecule has 0 heterocycles. The summed E-state index contributed by atoms with van der Waals surface area (Å²) in [6, 6.07) is 24.8. The topological polar surface area (TPSA) is 75.6 Å². The Bertz CT molecular complexity index is 920. The number of carboxylic acids is 1. The highest BCUT2D eigenvalue weighted by molar-refractivity contribution is 6.30. The molecule has 148 valence electrons. The Kier molecular flexibility index (Phi) is 6.65. The van der Waals surface area contributed by atoms with Crippen LogP contribution in [0.2, 0.25) is 5.02 Å². The van der Waals surface area contributed by atoms with Gasteiger partial charge in [0.05, 0.1) is 6.42 Å². The smallest absolute Gasteiger partial charge is 0.307 e. The molecule has 29 heavy (non-hydrogen) atoms. The predicted octanol–water partition coefficient (Wildman–Crippen LogP) is 4.71. The number of rotatable bonds is 8. The van der Waals surface area contributed by atoms with Crippen LogP contribution in [-0.4, -0.2) is 23.6 Å². The molecule has 0 saturated heterocycles. The van der Waals surface area contributed by atoms with Crippen LogP contribution in [0.4, 0.5) is 5.69 Å². The van der Waals surface area contributed by atoms with Crippen LogP contribution in [-0.2, 0) is 19.9 Å². The quantitative estimate of drug-likeness (QED) is 0.564. The van der Waals surface area contributed by atoms with E-state index in [9.17, 15) is 14.7 Å². The van der Waals surface area contributed by atoms with Crippen molar-refractivity contribution in [3.05, 3.63) is 101 Å². The van der Waals surface area contributed by atoms with Crippen molar-refractivity contribution in [2.45, 2.75) is 12.0 Å². The van der Waals surface area contributed by atoms with Crippen molar-refractivity contribution in [1.82, 2.24) is 0 Å². The third-order valence-electron chi connectivity index (χ3n) is 4.46. The molecule has 2 N–H and O–H groups in total. The van der Waals surface area contributed by atoms with Crippen LogP contribution in [0.25, 0.3) is 0 Å². The van der Waals surface area contributed by atoms with Crippen molar-refractivity contribution in [3.8, 4) is 0 Å². The van der Waals surface area contributed by atoms with Gasteiger partial charge in [-0.3, -0.25) is 9.59 Å². The van der Waals surface area contributed by atoms with Gasteiger partial charge in [-0.1, -0.05) is 72.3 Å². The van der Waals surface area contributed by atoms with E-state index in [1.165, 1.54) is 0 Å². The van der Waals surface area contributed by atoms with Gasteiger partial charge in [0, 0.05) is 10.7 Å². The van der Waals surface area contributed by atoms with E-state index in [4.69, 9.17) is 16.3 Å². The molecule has 0 atom stereocenters. The number of carbonyl (C=O) groups is 2. The molecular weight excluding hydrogens is 390 g/mol. The first kappa shape index (κ1) is 20.6. The van der Waals surface area contributed by atoms with Crippen LogP contribution < -0.4 is 5.32 Å². The normalized spacial score (nSPS) is 11.1. The molecule has 1 amide bonds. The lowest BCUT2D eigenvalue weighted by Gasteiger charge is -2.33. The Morgan fingerprint density at radius 3 is 1.86 bits per heavy atom. The zero-order valence-corrected chi connectivity index (χ0v) is 16.3. The summed E-state index contributed by atoms with van der Waals surface area (Å²) in [5, 5.41) is 12.9. The molecule has 0 spiro atoms. The first-order chi connectivity index (χ1) is 14.0. The molecule has 0 aromatic heterocycles. The van der Waals surface area contributed by atoms with Gasteiger partial charge in [-0.2, -0.15) is 0 Å². The van der Waals surface area contributed by atoms with Gasteiger partial charge >= 0.3 is 5.97 Å². The molecule has 0 radical (unpaired) electrons. The van der Waals surface area contributed by atoms with Crippen LogP contribution >= 0.6 is 11.6 Å². The van der Waals surface area contributed by atoms with Gasteiger partial charge in [-0.05, 0) is 35.4 Å². The van der Waals surface area contributed by atoms with Crippen LogP contribution in [0, 0.1) is 0 Å². The van der Waals surface area contributed by atoms with E-state index in [1.54, 1.807) is 48.5 Å². The van der Waals surface area contributed by atoms with Crippen LogP contribution in [0.3, 0.4) is 0 Å². The lowest BCUT2D eigenvalue weighted by molar-refractivity contribution is -0.146. The Balaban J connectivity index is 1.89. The minimum absolute atomic E-state index is 0.320. The number of carboxylic acid groups (broad SMARTS) is 1. The maximum absolute atomic E-state index is 12.5. The first-order valence-corrected chi connectivity index (χ1v) is 9.39. The molecule has 3 aromatic carbocycles. The average Bonchev–Trinajstić information content (AvgIpc) is 2.74. The van der Waals surface area contributed by atoms with Crippen molar-refractivity contribution in [3.63, 3.8) is 0 Å². The summed E-state index contributed by atoms with van der Waals surface area (Å²) in [4.78, 5) is 24.2. The van der Waals surface area contributed by atoms with Gasteiger partial charge in [-0.15, -0.1) is 0 Å². The summed E-state index contributed by atoms with van der Waals surface area (Å²) in [7, 11) is 0. The molecule has 0 fully saturated rings. The fourth-order valence-electron chi connectivity index (χ4n) is 3.14. The van der Waals surface area contributed by atoms with Gasteiger partial charge in [0.25, 0.3) is 0 Å². The van der Waals surface area contributed by atoms with Crippen LogP contribution in [0.5, 0.6) is 0 Å². The summed E-state index contributed by atoms with van der Waals surface area (Å²) in [6.45, 7) is -0.320. The average molecular weight is 410 g/mol. The first-order valence-electron chi connectivity index (χ1n) is 9.02. The molecule has 3 rings (SSSR count). The van der Waals surface area contributed by atoms with E-state index >= 15 is 0 Å². The molecule has 0 saturated carbocycles. The number of hydrogen-bond donors (Lipinski definition) is 2. The zero-order chi connectivity index (χ0) is 20.7. The van der Waals surface area contributed by atoms with E-state index in [2.05, 4.69) is 5.32 Å². The molecule has 5 nitrogen and oxygen atoms in total. The lowest BCUT2D eigenvalue weighted by Crippen LogP contribution is -2.37. The number of benzene rings is 3. The SMILES string of the molecule is O=C(O)CC(OCC(=O)Nc1ccc(Cl)cc1)(c1ccccc1)c1ccccc1. The number of nitrogens with one attached hydrogen (secondary N) is 1. The zero-order valence-electron chi connectivity index (χ0n) is 15.5. The fourth-order valence-corrected chi connectivity index (χ4v) is 3.26. The van der Waals surface area contributed by atoms with Crippen molar-refractivity contribution >= 4 is 29.2 Å². The number of amides is 1. The molecule has 6 heteroatoms. The Hall–Kier alpha value is -3.15. The highest BCUT2D eigenvalue weighted by Gasteiger charge is 2.38. The number of anilines is 1. The van der Waals surface area contributed by atoms with E-state index in [0.717, 1.165) is 0 Å². The van der Waals surface area contributed by atoms with Crippen molar-refractivity contribution in [1.29, 1.82) is 0 Å². The summed E-state index contributed by atoms with van der Waals surface area (Å²) < 4.78 is 6.05. The number of carbonyl (C=O) groups excluding carboxylic acids is 1. The standard InChI is InChI=1S/C23H20ClNO4/c24-19-11-13-20(14-12-19)25-21(26)16-29-23(15-22(27)28,17-7-3-1-4-8-17)18-9-5-2-6-10-18/h1-14H,15-16H2,(H,25,26)(H,27,28). The minimum Gasteiger partial charge on any atom is -0.481 e.